The van der Waals surface area contributed by atoms with Gasteiger partial charge in [-0.3, -0.25) is 4.79 Å². The highest BCUT2D eigenvalue weighted by molar-refractivity contribution is 5.74. The third kappa shape index (κ3) is 4.59. The second kappa shape index (κ2) is 9.39. The van der Waals surface area contributed by atoms with Crippen molar-refractivity contribution in [3.05, 3.63) is 0 Å². The van der Waals surface area contributed by atoms with E-state index in [-0.39, 0.29) is 0 Å². The fraction of sp³-hybridized carbons (Fsp3) is 0.867. The lowest BCUT2D eigenvalue weighted by atomic mass is 9.95. The Morgan fingerprint density at radius 2 is 1.64 bits per heavy atom. The summed E-state index contributed by atoms with van der Waals surface area (Å²) in [6, 6.07) is -1.37. The molecule has 0 aliphatic carbocycles. The minimum atomic E-state index is -1.79. The van der Waals surface area contributed by atoms with Crippen molar-refractivity contribution in [3.8, 4) is 0 Å². The van der Waals surface area contributed by atoms with E-state index in [0.717, 1.165) is 14.0 Å². The molecule has 4 unspecified atom stereocenters. The quantitative estimate of drug-likeness (QED) is 0.221. The van der Waals surface area contributed by atoms with Gasteiger partial charge >= 0.3 is 5.97 Å². The topological polar surface area (TPSA) is 204 Å². The largest absolute Gasteiger partial charge is 0.479 e. The van der Waals surface area contributed by atoms with Crippen LogP contribution in [0.3, 0.4) is 0 Å². The molecule has 0 saturated carbocycles. The standard InChI is InChI=1S/C15H25NO12/c1-4(18)16-6-8(20)7(19)5(3-17)26-14(6)27-11-9(21)10(22)15(25-2)28-12(11)13(23)24/h5-12,14-15,17,19-22H,3H2,1-2H3,(H,16,18)(H,23,24)/t5-,6?,7?,8-,9-,10-,11?,12+,14?,15+/m1/s1. The van der Waals surface area contributed by atoms with Gasteiger partial charge < -0.3 is 54.9 Å². The second-order valence-corrected chi connectivity index (χ2v) is 6.51. The predicted molar refractivity (Wildman–Crippen MR) is 85.6 cm³/mol. The Balaban J connectivity index is 2.28. The summed E-state index contributed by atoms with van der Waals surface area (Å²) in [4.78, 5) is 23.0. The molecule has 28 heavy (non-hydrogen) atoms. The number of carboxylic acids is 1. The molecule has 0 bridgehead atoms. The van der Waals surface area contributed by atoms with Crippen LogP contribution in [0.5, 0.6) is 0 Å². The Bertz CT molecular complexity index is 561. The second-order valence-electron chi connectivity index (χ2n) is 6.51. The normalized spacial score (nSPS) is 44.1. The lowest BCUT2D eigenvalue weighted by molar-refractivity contribution is -0.338. The zero-order valence-electron chi connectivity index (χ0n) is 15.1. The van der Waals surface area contributed by atoms with Crippen LogP contribution < -0.4 is 5.32 Å². The van der Waals surface area contributed by atoms with E-state index in [4.69, 9.17) is 18.9 Å². The number of aliphatic carboxylic acids is 1. The highest BCUT2D eigenvalue weighted by Gasteiger charge is 2.53. The molecule has 0 spiro atoms. The lowest BCUT2D eigenvalue weighted by Crippen LogP contribution is -2.68. The number of carbonyl (C=O) groups is 2. The molecule has 2 aliphatic heterocycles. The van der Waals surface area contributed by atoms with E-state index in [0.29, 0.717) is 0 Å². The summed E-state index contributed by atoms with van der Waals surface area (Å²) in [7, 11) is 1.14. The number of aliphatic hydroxyl groups excluding tert-OH is 5. The van der Waals surface area contributed by atoms with Gasteiger partial charge in [-0.15, -0.1) is 0 Å². The molecule has 2 rings (SSSR count). The predicted octanol–water partition coefficient (Wildman–Crippen LogP) is -4.51. The molecule has 2 heterocycles. The number of nitrogens with one attached hydrogen (secondary N) is 1. The summed E-state index contributed by atoms with van der Waals surface area (Å²) in [6.45, 7) is 0.408. The number of rotatable bonds is 6. The van der Waals surface area contributed by atoms with Gasteiger partial charge in [-0.2, -0.15) is 0 Å². The third-order valence-corrected chi connectivity index (χ3v) is 4.56. The smallest absolute Gasteiger partial charge is 0.335 e. The molecule has 13 nitrogen and oxygen atoms in total. The molecule has 10 atom stereocenters. The van der Waals surface area contributed by atoms with E-state index in [1.807, 2.05) is 0 Å². The molecule has 1 amide bonds. The number of hydrogen-bond acceptors (Lipinski definition) is 11. The fourth-order valence-corrected chi connectivity index (χ4v) is 3.12. The zero-order valence-corrected chi connectivity index (χ0v) is 15.1. The number of aliphatic hydroxyl groups is 5. The van der Waals surface area contributed by atoms with Crippen molar-refractivity contribution < 1.29 is 59.2 Å². The summed E-state index contributed by atoms with van der Waals surface area (Å²) < 4.78 is 20.7. The number of methoxy groups -OCH3 is 1. The first-order valence-corrected chi connectivity index (χ1v) is 8.44. The first-order chi connectivity index (χ1) is 13.1. The molecule has 0 aromatic heterocycles. The van der Waals surface area contributed by atoms with Crippen LogP contribution in [0, 0.1) is 0 Å². The van der Waals surface area contributed by atoms with E-state index >= 15 is 0 Å². The fourth-order valence-electron chi connectivity index (χ4n) is 3.12. The number of ether oxygens (including phenoxy) is 4. The molecular weight excluding hydrogens is 386 g/mol. The molecule has 0 radical (unpaired) electrons. The summed E-state index contributed by atoms with van der Waals surface area (Å²) in [6.07, 6.45) is -14.5. The number of carboxylic acid groups (broad SMARTS) is 1. The number of carbonyl (C=O) groups excluding carboxylic acids is 1. The van der Waals surface area contributed by atoms with Crippen LogP contribution in [0.15, 0.2) is 0 Å². The maximum absolute atomic E-state index is 11.5. The molecule has 7 N–H and O–H groups in total. The average molecular weight is 411 g/mol. The Morgan fingerprint density at radius 3 is 2.14 bits per heavy atom. The van der Waals surface area contributed by atoms with Crippen LogP contribution in [0.25, 0.3) is 0 Å². The van der Waals surface area contributed by atoms with Crippen molar-refractivity contribution in [1.82, 2.24) is 5.32 Å². The van der Waals surface area contributed by atoms with Gasteiger partial charge in [0.25, 0.3) is 0 Å². The third-order valence-electron chi connectivity index (χ3n) is 4.56. The van der Waals surface area contributed by atoms with E-state index in [1.165, 1.54) is 0 Å². The van der Waals surface area contributed by atoms with E-state index < -0.39 is 79.8 Å². The average Bonchev–Trinajstić information content (AvgIpc) is 2.64. The van der Waals surface area contributed by atoms with Gasteiger partial charge in [0.2, 0.25) is 5.91 Å². The van der Waals surface area contributed by atoms with Crippen molar-refractivity contribution in [3.63, 3.8) is 0 Å². The number of amides is 1. The molecular formula is C15H25NO12. The zero-order chi connectivity index (χ0) is 21.2. The first-order valence-electron chi connectivity index (χ1n) is 8.44. The molecule has 2 aliphatic rings. The first kappa shape index (κ1) is 22.9. The van der Waals surface area contributed by atoms with Gasteiger partial charge in [0.15, 0.2) is 18.7 Å². The monoisotopic (exact) mass is 411 g/mol. The van der Waals surface area contributed by atoms with Gasteiger partial charge in [0, 0.05) is 14.0 Å². The van der Waals surface area contributed by atoms with Gasteiger partial charge in [-0.1, -0.05) is 0 Å². The SMILES string of the molecule is CO[C@H]1O[C@H](C(=O)O)C(OC2O[C@H](CO)C(O)[C@H](O)C2NC(C)=O)[C@H](O)[C@H]1O. The van der Waals surface area contributed by atoms with Gasteiger partial charge in [0.05, 0.1) is 6.61 Å². The van der Waals surface area contributed by atoms with Crippen molar-refractivity contribution in [2.75, 3.05) is 13.7 Å². The maximum atomic E-state index is 11.5. The summed E-state index contributed by atoms with van der Waals surface area (Å²) in [5.41, 5.74) is 0. The van der Waals surface area contributed by atoms with Crippen LogP contribution in [-0.4, -0.2) is 118 Å². The van der Waals surface area contributed by atoms with Crippen molar-refractivity contribution in [1.29, 1.82) is 0 Å². The summed E-state index contributed by atoms with van der Waals surface area (Å²) in [5, 5.41) is 61.5. The highest BCUT2D eigenvalue weighted by Crippen LogP contribution is 2.29. The Kier molecular flexibility index (Phi) is 7.66. The summed E-state index contributed by atoms with van der Waals surface area (Å²) in [5.74, 6) is -2.16. The Labute approximate surface area is 159 Å². The molecule has 2 saturated heterocycles. The van der Waals surface area contributed by atoms with E-state index in [2.05, 4.69) is 5.32 Å². The van der Waals surface area contributed by atoms with Gasteiger partial charge in [0.1, 0.15) is 42.7 Å². The van der Waals surface area contributed by atoms with Crippen molar-refractivity contribution in [2.24, 2.45) is 0 Å². The van der Waals surface area contributed by atoms with Crippen LogP contribution >= 0.6 is 0 Å². The highest BCUT2D eigenvalue weighted by atomic mass is 16.7. The minimum absolute atomic E-state index is 0.620. The molecule has 13 heteroatoms. The maximum Gasteiger partial charge on any atom is 0.335 e. The molecule has 162 valence electrons. The lowest BCUT2D eigenvalue weighted by Gasteiger charge is -2.46. The molecule has 0 aromatic carbocycles. The summed E-state index contributed by atoms with van der Waals surface area (Å²) >= 11 is 0. The van der Waals surface area contributed by atoms with Crippen molar-refractivity contribution in [2.45, 2.75) is 68.3 Å². The van der Waals surface area contributed by atoms with Crippen LogP contribution in [-0.2, 0) is 28.5 Å². The van der Waals surface area contributed by atoms with E-state index in [1.54, 1.807) is 0 Å². The minimum Gasteiger partial charge on any atom is -0.479 e. The Morgan fingerprint density at radius 1 is 1.00 bits per heavy atom. The van der Waals surface area contributed by atoms with Crippen LogP contribution in [0.4, 0.5) is 0 Å². The van der Waals surface area contributed by atoms with Gasteiger partial charge in [-0.05, 0) is 0 Å². The molecule has 0 aromatic rings. The van der Waals surface area contributed by atoms with E-state index in [9.17, 15) is 40.2 Å². The number of hydrogen-bond donors (Lipinski definition) is 7. The van der Waals surface area contributed by atoms with Gasteiger partial charge in [-0.25, -0.2) is 4.79 Å². The van der Waals surface area contributed by atoms with Crippen LogP contribution in [0.2, 0.25) is 0 Å². The molecule has 2 fully saturated rings. The van der Waals surface area contributed by atoms with Crippen LogP contribution in [0.1, 0.15) is 6.92 Å². The Hall–Kier alpha value is -1.42. The van der Waals surface area contributed by atoms with Crippen molar-refractivity contribution >= 4 is 11.9 Å².